The van der Waals surface area contributed by atoms with E-state index in [-0.39, 0.29) is 24.2 Å². The first kappa shape index (κ1) is 27.7. The zero-order chi connectivity index (χ0) is 27.7. The lowest BCUT2D eigenvalue weighted by Crippen LogP contribution is -2.55. The standard InChI is InChI=1S/C30H35N3O4S2/c1-18-7-5-6-8-21(18)27(35)23-24(28-19(2)9-15-38-28)26(30(36)32-13-11-31-12-14-32)33(22(34)17-37-4)25(23)29-20(3)10-16-39-29/h5-10,15-16,23-26,31H,11-14,17H2,1-4H3. The van der Waals surface area contributed by atoms with Gasteiger partial charge in [-0.1, -0.05) is 24.3 Å². The van der Waals surface area contributed by atoms with Crippen molar-refractivity contribution in [3.63, 3.8) is 0 Å². The highest BCUT2D eigenvalue weighted by Gasteiger charge is 2.59. The first-order chi connectivity index (χ1) is 18.8. The Morgan fingerprint density at radius 3 is 2.15 bits per heavy atom. The monoisotopic (exact) mass is 565 g/mol. The maximum atomic E-state index is 14.7. The number of thiophene rings is 2. The van der Waals surface area contributed by atoms with Gasteiger partial charge in [-0.25, -0.2) is 0 Å². The number of nitrogens with zero attached hydrogens (tertiary/aromatic N) is 2. The van der Waals surface area contributed by atoms with Crippen molar-refractivity contribution in [2.75, 3.05) is 39.9 Å². The molecule has 3 aromatic rings. The SMILES string of the molecule is COCC(=O)N1C(C(=O)N2CCNCC2)C(c2sccc2C)C(C(=O)c2ccccc2C)C1c1sccc1C. The summed E-state index contributed by atoms with van der Waals surface area (Å²) in [5.74, 6) is -1.51. The molecule has 2 aliphatic heterocycles. The van der Waals surface area contributed by atoms with Crippen LogP contribution in [0.2, 0.25) is 0 Å². The summed E-state index contributed by atoms with van der Waals surface area (Å²) in [5, 5.41) is 7.32. The van der Waals surface area contributed by atoms with Gasteiger partial charge in [-0.05, 0) is 60.4 Å². The maximum absolute atomic E-state index is 14.7. The molecule has 4 atom stereocenters. The molecule has 0 saturated carbocycles. The fourth-order valence-corrected chi connectivity index (χ4v) is 8.29. The number of carbonyl (C=O) groups excluding carboxylic acids is 3. The van der Waals surface area contributed by atoms with Gasteiger partial charge in [0.2, 0.25) is 11.8 Å². The van der Waals surface area contributed by atoms with Gasteiger partial charge in [0.15, 0.2) is 5.78 Å². The van der Waals surface area contributed by atoms with Crippen LogP contribution in [0.4, 0.5) is 0 Å². The van der Waals surface area contributed by atoms with E-state index in [4.69, 9.17) is 4.74 Å². The molecule has 9 heteroatoms. The van der Waals surface area contributed by atoms with E-state index in [1.54, 1.807) is 27.6 Å². The number of methoxy groups -OCH3 is 1. The molecule has 4 heterocycles. The first-order valence-electron chi connectivity index (χ1n) is 13.3. The molecule has 206 valence electrons. The highest BCUT2D eigenvalue weighted by atomic mass is 32.1. The van der Waals surface area contributed by atoms with Crippen molar-refractivity contribution in [2.45, 2.75) is 38.8 Å². The Kier molecular flexibility index (Phi) is 8.32. The molecule has 0 bridgehead atoms. The largest absolute Gasteiger partial charge is 0.375 e. The number of aryl methyl sites for hydroxylation is 3. The summed E-state index contributed by atoms with van der Waals surface area (Å²) in [5.41, 5.74) is 3.57. The molecule has 2 fully saturated rings. The lowest BCUT2D eigenvalue weighted by atomic mass is 9.78. The molecule has 2 aliphatic rings. The number of likely N-dealkylation sites (tertiary alicyclic amines) is 1. The Morgan fingerprint density at radius 1 is 0.923 bits per heavy atom. The quantitative estimate of drug-likeness (QED) is 0.431. The number of amides is 2. The predicted octanol–water partition coefficient (Wildman–Crippen LogP) is 4.35. The van der Waals surface area contributed by atoms with Crippen LogP contribution in [-0.2, 0) is 14.3 Å². The number of hydrogen-bond donors (Lipinski definition) is 1. The molecular formula is C30H35N3O4S2. The van der Waals surface area contributed by atoms with E-state index in [1.807, 2.05) is 72.8 Å². The van der Waals surface area contributed by atoms with Gasteiger partial charge >= 0.3 is 0 Å². The Labute approximate surface area is 237 Å². The third-order valence-corrected chi connectivity index (χ3v) is 10.2. The van der Waals surface area contributed by atoms with E-state index >= 15 is 0 Å². The van der Waals surface area contributed by atoms with Crippen LogP contribution in [0.1, 0.15) is 48.8 Å². The average molecular weight is 566 g/mol. The van der Waals surface area contributed by atoms with Gasteiger partial charge in [-0.2, -0.15) is 0 Å². The second kappa shape index (κ2) is 11.7. The zero-order valence-electron chi connectivity index (χ0n) is 22.8. The Bertz CT molecular complexity index is 1360. The molecule has 2 aromatic heterocycles. The Hall–Kier alpha value is -2.85. The van der Waals surface area contributed by atoms with E-state index in [1.165, 1.54) is 7.11 Å². The minimum atomic E-state index is -0.812. The van der Waals surface area contributed by atoms with Crippen molar-refractivity contribution in [3.8, 4) is 0 Å². The second-order valence-electron chi connectivity index (χ2n) is 10.4. The number of nitrogens with one attached hydrogen (secondary N) is 1. The second-order valence-corrected chi connectivity index (χ2v) is 12.3. The van der Waals surface area contributed by atoms with E-state index in [9.17, 15) is 14.4 Å². The number of Topliss-reactive ketones (excluding diaryl/α,β-unsaturated/α-hetero) is 1. The van der Waals surface area contributed by atoms with Crippen molar-refractivity contribution >= 4 is 40.3 Å². The third-order valence-electron chi connectivity index (χ3n) is 7.99. The number of ether oxygens (including phenoxy) is 1. The molecule has 0 radical (unpaired) electrons. The molecule has 0 aliphatic carbocycles. The van der Waals surface area contributed by atoms with Crippen molar-refractivity contribution < 1.29 is 19.1 Å². The van der Waals surface area contributed by atoms with Gasteiger partial charge in [0.1, 0.15) is 12.6 Å². The van der Waals surface area contributed by atoms with E-state index in [0.717, 1.165) is 26.4 Å². The van der Waals surface area contributed by atoms with Gasteiger partial charge in [0, 0.05) is 54.5 Å². The summed E-state index contributed by atoms with van der Waals surface area (Å²) >= 11 is 3.11. The minimum absolute atomic E-state index is 0.0328. The minimum Gasteiger partial charge on any atom is -0.375 e. The van der Waals surface area contributed by atoms with Crippen molar-refractivity contribution in [3.05, 3.63) is 79.2 Å². The average Bonchev–Trinajstić information content (AvgIpc) is 3.64. The molecule has 0 spiro atoms. The molecule has 1 N–H and O–H groups in total. The number of ketones is 1. The van der Waals surface area contributed by atoms with E-state index in [2.05, 4.69) is 5.32 Å². The number of rotatable bonds is 7. The fourth-order valence-electron chi connectivity index (χ4n) is 6.11. The highest BCUT2D eigenvalue weighted by Crippen LogP contribution is 2.54. The Morgan fingerprint density at radius 2 is 1.56 bits per heavy atom. The van der Waals surface area contributed by atoms with Crippen LogP contribution in [0.25, 0.3) is 0 Å². The molecule has 1 aromatic carbocycles. The molecule has 4 unspecified atom stereocenters. The predicted molar refractivity (Wildman–Crippen MR) is 155 cm³/mol. The van der Waals surface area contributed by atoms with E-state index < -0.39 is 23.9 Å². The van der Waals surface area contributed by atoms with Gasteiger partial charge < -0.3 is 19.9 Å². The molecule has 2 saturated heterocycles. The molecule has 2 amide bonds. The molecule has 5 rings (SSSR count). The van der Waals surface area contributed by atoms with Crippen LogP contribution in [0, 0.1) is 26.7 Å². The number of carbonyl (C=O) groups is 3. The van der Waals surface area contributed by atoms with Crippen molar-refractivity contribution in [1.29, 1.82) is 0 Å². The van der Waals surface area contributed by atoms with E-state index in [0.29, 0.717) is 31.7 Å². The van der Waals surface area contributed by atoms with Crippen LogP contribution in [-0.4, -0.2) is 73.3 Å². The van der Waals surface area contributed by atoms with Crippen LogP contribution < -0.4 is 5.32 Å². The molecule has 7 nitrogen and oxygen atoms in total. The summed E-state index contributed by atoms with van der Waals surface area (Å²) in [4.78, 5) is 48.6. The van der Waals surface area contributed by atoms with Gasteiger partial charge in [-0.15, -0.1) is 22.7 Å². The molecule has 39 heavy (non-hydrogen) atoms. The summed E-state index contributed by atoms with van der Waals surface area (Å²) in [6, 6.07) is 10.3. The normalized spacial score (nSPS) is 23.3. The van der Waals surface area contributed by atoms with Gasteiger partial charge in [0.25, 0.3) is 0 Å². The fraction of sp³-hybridized carbons (Fsp3) is 0.433. The number of hydrogen-bond acceptors (Lipinski definition) is 7. The first-order valence-corrected chi connectivity index (χ1v) is 15.1. The zero-order valence-corrected chi connectivity index (χ0v) is 24.4. The van der Waals surface area contributed by atoms with Crippen LogP contribution in [0.15, 0.2) is 47.2 Å². The summed E-state index contributed by atoms with van der Waals surface area (Å²) in [6.45, 7) is 8.35. The summed E-state index contributed by atoms with van der Waals surface area (Å²) in [7, 11) is 1.49. The van der Waals surface area contributed by atoms with Gasteiger partial charge in [-0.3, -0.25) is 14.4 Å². The van der Waals surface area contributed by atoms with Crippen LogP contribution in [0.3, 0.4) is 0 Å². The smallest absolute Gasteiger partial charge is 0.249 e. The Balaban J connectivity index is 1.76. The van der Waals surface area contributed by atoms with Crippen molar-refractivity contribution in [1.82, 2.24) is 15.1 Å². The number of piperazine rings is 1. The highest BCUT2D eigenvalue weighted by molar-refractivity contribution is 7.10. The lowest BCUT2D eigenvalue weighted by molar-refractivity contribution is -0.148. The van der Waals surface area contributed by atoms with Crippen LogP contribution in [0.5, 0.6) is 0 Å². The number of benzene rings is 1. The van der Waals surface area contributed by atoms with Crippen molar-refractivity contribution in [2.24, 2.45) is 5.92 Å². The van der Waals surface area contributed by atoms with Gasteiger partial charge in [0.05, 0.1) is 12.0 Å². The maximum Gasteiger partial charge on any atom is 0.249 e. The summed E-state index contributed by atoms with van der Waals surface area (Å²) < 4.78 is 5.33. The topological polar surface area (TPSA) is 79.0 Å². The third kappa shape index (κ3) is 5.09. The molecular weight excluding hydrogens is 530 g/mol. The summed E-state index contributed by atoms with van der Waals surface area (Å²) in [6.07, 6.45) is 0. The lowest BCUT2D eigenvalue weighted by Gasteiger charge is -2.36. The van der Waals surface area contributed by atoms with Crippen LogP contribution >= 0.6 is 22.7 Å².